The number of nitrogens with zero attached hydrogens (tertiary/aromatic N) is 1. The van der Waals surface area contributed by atoms with Gasteiger partial charge in [-0.25, -0.2) is 0 Å². The molecule has 0 amide bonds. The van der Waals surface area contributed by atoms with Crippen LogP contribution in [-0.4, -0.2) is 30.1 Å². The van der Waals surface area contributed by atoms with Crippen LogP contribution in [-0.2, 0) is 0 Å². The molecule has 0 bridgehead atoms. The zero-order chi connectivity index (χ0) is 12.7. The highest BCUT2D eigenvalue weighted by Crippen LogP contribution is 2.37. The van der Waals surface area contributed by atoms with Gasteiger partial charge in [0.05, 0.1) is 0 Å². The molecule has 0 aromatic heterocycles. The Hall–Kier alpha value is -0.0800. The van der Waals surface area contributed by atoms with E-state index in [1.54, 1.807) is 0 Å². The molecule has 0 aliphatic heterocycles. The second-order valence-corrected chi connectivity index (χ2v) is 5.77. The average molecular weight is 240 g/mol. The van der Waals surface area contributed by atoms with Gasteiger partial charge in [-0.2, -0.15) is 0 Å². The highest BCUT2D eigenvalue weighted by molar-refractivity contribution is 4.95. The lowest BCUT2D eigenvalue weighted by Gasteiger charge is -2.47. The van der Waals surface area contributed by atoms with Crippen molar-refractivity contribution < 1.29 is 0 Å². The highest BCUT2D eigenvalue weighted by atomic mass is 15.2. The molecule has 0 spiro atoms. The van der Waals surface area contributed by atoms with Gasteiger partial charge in [0.1, 0.15) is 0 Å². The topological polar surface area (TPSA) is 29.3 Å². The summed E-state index contributed by atoms with van der Waals surface area (Å²) in [6.45, 7) is 10.2. The van der Waals surface area contributed by atoms with Gasteiger partial charge >= 0.3 is 0 Å². The first-order valence-electron chi connectivity index (χ1n) is 7.67. The van der Waals surface area contributed by atoms with Gasteiger partial charge in [-0.15, -0.1) is 0 Å². The van der Waals surface area contributed by atoms with E-state index >= 15 is 0 Å². The Morgan fingerprint density at radius 3 is 1.94 bits per heavy atom. The molecule has 0 saturated heterocycles. The van der Waals surface area contributed by atoms with Crippen molar-refractivity contribution in [1.29, 1.82) is 0 Å². The van der Waals surface area contributed by atoms with Gasteiger partial charge in [-0.3, -0.25) is 4.90 Å². The lowest BCUT2D eigenvalue weighted by molar-refractivity contribution is 0.0414. The van der Waals surface area contributed by atoms with Crippen molar-refractivity contribution in [3.8, 4) is 0 Å². The van der Waals surface area contributed by atoms with Crippen LogP contribution < -0.4 is 5.73 Å². The second-order valence-electron chi connectivity index (χ2n) is 5.77. The SMILES string of the molecule is CCCN(CCC)C1(CN)CCC(CC)CC1. The van der Waals surface area contributed by atoms with E-state index in [1.165, 1.54) is 58.0 Å². The van der Waals surface area contributed by atoms with E-state index in [4.69, 9.17) is 5.73 Å². The Labute approximate surface area is 108 Å². The minimum Gasteiger partial charge on any atom is -0.329 e. The van der Waals surface area contributed by atoms with Gasteiger partial charge in [0.15, 0.2) is 0 Å². The Kier molecular flexibility index (Phi) is 6.50. The molecule has 0 unspecified atom stereocenters. The zero-order valence-corrected chi connectivity index (χ0v) is 12.2. The van der Waals surface area contributed by atoms with Crippen LogP contribution >= 0.6 is 0 Å². The van der Waals surface area contributed by atoms with E-state index < -0.39 is 0 Å². The van der Waals surface area contributed by atoms with Gasteiger partial charge in [-0.1, -0.05) is 27.2 Å². The summed E-state index contributed by atoms with van der Waals surface area (Å²) in [7, 11) is 0. The second kappa shape index (κ2) is 7.38. The van der Waals surface area contributed by atoms with Crippen molar-refractivity contribution in [3.05, 3.63) is 0 Å². The summed E-state index contributed by atoms with van der Waals surface area (Å²) in [6, 6.07) is 0. The molecule has 2 heteroatoms. The summed E-state index contributed by atoms with van der Waals surface area (Å²) in [4.78, 5) is 2.69. The lowest BCUT2D eigenvalue weighted by atomic mass is 9.74. The predicted molar refractivity (Wildman–Crippen MR) is 76.2 cm³/mol. The number of hydrogen-bond donors (Lipinski definition) is 1. The fourth-order valence-corrected chi connectivity index (χ4v) is 3.40. The first-order chi connectivity index (χ1) is 8.22. The van der Waals surface area contributed by atoms with Crippen LogP contribution in [0, 0.1) is 5.92 Å². The third kappa shape index (κ3) is 3.69. The Morgan fingerprint density at radius 2 is 1.59 bits per heavy atom. The van der Waals surface area contributed by atoms with E-state index in [-0.39, 0.29) is 0 Å². The van der Waals surface area contributed by atoms with E-state index in [0.717, 1.165) is 12.5 Å². The third-order valence-corrected chi connectivity index (χ3v) is 4.65. The van der Waals surface area contributed by atoms with Gasteiger partial charge in [-0.05, 0) is 57.5 Å². The van der Waals surface area contributed by atoms with E-state index in [1.807, 2.05) is 0 Å². The van der Waals surface area contributed by atoms with Crippen LogP contribution in [0.5, 0.6) is 0 Å². The summed E-state index contributed by atoms with van der Waals surface area (Å²) < 4.78 is 0. The van der Waals surface area contributed by atoms with Gasteiger partial charge in [0.2, 0.25) is 0 Å². The molecule has 1 saturated carbocycles. The number of rotatable bonds is 7. The summed E-state index contributed by atoms with van der Waals surface area (Å²) in [5.41, 5.74) is 6.48. The molecular weight excluding hydrogens is 208 g/mol. The standard InChI is InChI=1S/C15H32N2/c1-4-11-17(12-5-2)15(13-16)9-7-14(6-3)8-10-15/h14H,4-13,16H2,1-3H3. The summed E-state index contributed by atoms with van der Waals surface area (Å²) in [5, 5.41) is 0. The molecule has 0 aromatic rings. The van der Waals surface area contributed by atoms with Crippen molar-refractivity contribution in [2.24, 2.45) is 11.7 Å². The van der Waals surface area contributed by atoms with E-state index in [9.17, 15) is 0 Å². The van der Waals surface area contributed by atoms with Crippen molar-refractivity contribution in [1.82, 2.24) is 4.90 Å². The maximum atomic E-state index is 6.14. The summed E-state index contributed by atoms with van der Waals surface area (Å²) in [5.74, 6) is 0.958. The predicted octanol–water partition coefficient (Wildman–Crippen LogP) is 3.41. The first-order valence-corrected chi connectivity index (χ1v) is 7.67. The van der Waals surface area contributed by atoms with Crippen LogP contribution in [0.25, 0.3) is 0 Å². The molecule has 102 valence electrons. The zero-order valence-electron chi connectivity index (χ0n) is 12.2. The molecule has 1 aliphatic rings. The van der Waals surface area contributed by atoms with Crippen LogP contribution in [0.4, 0.5) is 0 Å². The largest absolute Gasteiger partial charge is 0.329 e. The van der Waals surface area contributed by atoms with E-state index in [2.05, 4.69) is 25.7 Å². The van der Waals surface area contributed by atoms with Crippen LogP contribution in [0.3, 0.4) is 0 Å². The molecule has 2 nitrogen and oxygen atoms in total. The van der Waals surface area contributed by atoms with Crippen LogP contribution in [0.15, 0.2) is 0 Å². The van der Waals surface area contributed by atoms with Crippen molar-refractivity contribution in [2.75, 3.05) is 19.6 Å². The lowest BCUT2D eigenvalue weighted by Crippen LogP contribution is -2.56. The normalized spacial score (nSPS) is 29.8. The number of hydrogen-bond acceptors (Lipinski definition) is 2. The van der Waals surface area contributed by atoms with Crippen molar-refractivity contribution >= 4 is 0 Å². The molecule has 0 radical (unpaired) electrons. The minimum atomic E-state index is 0.331. The fraction of sp³-hybridized carbons (Fsp3) is 1.00. The van der Waals surface area contributed by atoms with Crippen LogP contribution in [0.1, 0.15) is 65.7 Å². The monoisotopic (exact) mass is 240 g/mol. The molecule has 17 heavy (non-hydrogen) atoms. The van der Waals surface area contributed by atoms with Crippen molar-refractivity contribution in [3.63, 3.8) is 0 Å². The summed E-state index contributed by atoms with van der Waals surface area (Å²) in [6.07, 6.45) is 9.26. The van der Waals surface area contributed by atoms with Gasteiger partial charge in [0.25, 0.3) is 0 Å². The Bertz CT molecular complexity index is 189. The smallest absolute Gasteiger partial charge is 0.0331 e. The molecule has 1 rings (SSSR count). The maximum absolute atomic E-state index is 6.14. The molecule has 0 heterocycles. The Morgan fingerprint density at radius 1 is 1.06 bits per heavy atom. The fourth-order valence-electron chi connectivity index (χ4n) is 3.40. The van der Waals surface area contributed by atoms with Crippen LogP contribution in [0.2, 0.25) is 0 Å². The molecule has 0 atom stereocenters. The van der Waals surface area contributed by atoms with E-state index in [0.29, 0.717) is 5.54 Å². The molecule has 1 fully saturated rings. The van der Waals surface area contributed by atoms with Crippen molar-refractivity contribution in [2.45, 2.75) is 71.3 Å². The molecule has 0 aromatic carbocycles. The molecule has 1 aliphatic carbocycles. The maximum Gasteiger partial charge on any atom is 0.0331 e. The third-order valence-electron chi connectivity index (χ3n) is 4.65. The average Bonchev–Trinajstić information content (AvgIpc) is 2.38. The summed E-state index contributed by atoms with van der Waals surface area (Å²) >= 11 is 0. The number of nitrogens with two attached hydrogens (primary N) is 1. The Balaban J connectivity index is 2.65. The quantitative estimate of drug-likeness (QED) is 0.739. The van der Waals surface area contributed by atoms with Gasteiger partial charge in [0, 0.05) is 12.1 Å². The first kappa shape index (κ1) is 15.0. The minimum absolute atomic E-state index is 0.331. The van der Waals surface area contributed by atoms with Gasteiger partial charge < -0.3 is 5.73 Å². The highest BCUT2D eigenvalue weighted by Gasteiger charge is 2.37. The molecule has 2 N–H and O–H groups in total. The molecular formula is C15H32N2.